The number of carbonyl (C=O) groups excluding carboxylic acids is 2. The van der Waals surface area contributed by atoms with Crippen LogP contribution in [0.1, 0.15) is 21.5 Å². The van der Waals surface area contributed by atoms with Crippen LogP contribution in [0.2, 0.25) is 5.02 Å². The Morgan fingerprint density at radius 2 is 1.85 bits per heavy atom. The molecule has 0 radical (unpaired) electrons. The summed E-state index contributed by atoms with van der Waals surface area (Å²) in [7, 11) is 0. The van der Waals surface area contributed by atoms with Gasteiger partial charge in [-0.2, -0.15) is 4.80 Å². The van der Waals surface area contributed by atoms with E-state index in [4.69, 9.17) is 16.3 Å². The summed E-state index contributed by atoms with van der Waals surface area (Å²) >= 11 is 5.85. The lowest BCUT2D eigenvalue weighted by Crippen LogP contribution is -2.20. The van der Waals surface area contributed by atoms with Crippen LogP contribution in [0.15, 0.2) is 42.5 Å². The summed E-state index contributed by atoms with van der Waals surface area (Å²) < 4.78 is 5.05. The summed E-state index contributed by atoms with van der Waals surface area (Å²) in [6, 6.07) is 12.5. The minimum atomic E-state index is -0.617. The van der Waals surface area contributed by atoms with Crippen molar-refractivity contribution >= 4 is 23.4 Å². The van der Waals surface area contributed by atoms with Crippen LogP contribution in [-0.2, 0) is 16.1 Å². The Bertz CT molecular complexity index is 983. The van der Waals surface area contributed by atoms with Gasteiger partial charge < -0.3 is 4.74 Å². The van der Waals surface area contributed by atoms with Crippen molar-refractivity contribution in [2.75, 3.05) is 6.61 Å². The van der Waals surface area contributed by atoms with Gasteiger partial charge in [-0.3, -0.25) is 4.79 Å². The van der Waals surface area contributed by atoms with Gasteiger partial charge in [0.2, 0.25) is 11.6 Å². The highest BCUT2D eigenvalue weighted by Gasteiger charge is 2.14. The zero-order valence-electron chi connectivity index (χ0n) is 14.8. The summed E-state index contributed by atoms with van der Waals surface area (Å²) in [5.74, 6) is -0.502. The van der Waals surface area contributed by atoms with E-state index in [9.17, 15) is 9.59 Å². The average molecular weight is 385 g/mol. The van der Waals surface area contributed by atoms with Gasteiger partial charge in [-0.05, 0) is 55.0 Å². The summed E-state index contributed by atoms with van der Waals surface area (Å²) in [6.07, 6.45) is 0. The fourth-order valence-corrected chi connectivity index (χ4v) is 2.57. The fraction of sp³-hybridized carbons (Fsp3) is 0.211. The Labute approximate surface area is 160 Å². The van der Waals surface area contributed by atoms with Gasteiger partial charge in [0.05, 0.1) is 0 Å². The van der Waals surface area contributed by atoms with Crippen molar-refractivity contribution in [1.82, 2.24) is 20.2 Å². The molecule has 3 rings (SSSR count). The Kier molecular flexibility index (Phi) is 5.61. The monoisotopic (exact) mass is 384 g/mol. The molecule has 2 aromatic carbocycles. The lowest BCUT2D eigenvalue weighted by Gasteiger charge is -2.07. The number of ketones is 1. The van der Waals surface area contributed by atoms with Crippen LogP contribution in [0, 0.1) is 13.8 Å². The molecular weight excluding hydrogens is 368 g/mol. The number of aromatic nitrogens is 4. The van der Waals surface area contributed by atoms with Gasteiger partial charge in [0.15, 0.2) is 13.2 Å². The Morgan fingerprint density at radius 1 is 1.11 bits per heavy atom. The first kappa shape index (κ1) is 18.7. The van der Waals surface area contributed by atoms with Crippen molar-refractivity contribution in [3.05, 3.63) is 64.2 Å². The lowest BCUT2D eigenvalue weighted by atomic mass is 10.0. The van der Waals surface area contributed by atoms with Crippen LogP contribution in [0.25, 0.3) is 11.4 Å². The second-order valence-electron chi connectivity index (χ2n) is 6.05. The third-order valence-corrected chi connectivity index (χ3v) is 4.14. The second-order valence-corrected chi connectivity index (χ2v) is 6.49. The number of aryl methyl sites for hydroxylation is 2. The van der Waals surface area contributed by atoms with Crippen molar-refractivity contribution in [1.29, 1.82) is 0 Å². The van der Waals surface area contributed by atoms with Crippen LogP contribution in [-0.4, -0.2) is 38.6 Å². The van der Waals surface area contributed by atoms with Gasteiger partial charge in [-0.15, -0.1) is 10.2 Å². The number of tetrazole rings is 1. The van der Waals surface area contributed by atoms with E-state index < -0.39 is 5.97 Å². The Hall–Kier alpha value is -3.06. The molecule has 0 aliphatic heterocycles. The summed E-state index contributed by atoms with van der Waals surface area (Å²) in [6.45, 7) is 3.17. The number of hydrogen-bond donors (Lipinski definition) is 0. The molecule has 7 nitrogen and oxygen atoms in total. The van der Waals surface area contributed by atoms with E-state index in [-0.39, 0.29) is 18.9 Å². The van der Waals surface area contributed by atoms with E-state index in [1.807, 2.05) is 26.0 Å². The molecule has 3 aromatic rings. The normalized spacial score (nSPS) is 10.6. The fourth-order valence-electron chi connectivity index (χ4n) is 2.45. The van der Waals surface area contributed by atoms with Gasteiger partial charge >= 0.3 is 5.97 Å². The molecule has 0 N–H and O–H groups in total. The highest BCUT2D eigenvalue weighted by atomic mass is 35.5. The third-order valence-electron chi connectivity index (χ3n) is 3.88. The van der Waals surface area contributed by atoms with Crippen molar-refractivity contribution in [2.45, 2.75) is 20.4 Å². The van der Waals surface area contributed by atoms with Crippen molar-refractivity contribution in [3.63, 3.8) is 0 Å². The Balaban J connectivity index is 1.57. The smallest absolute Gasteiger partial charge is 0.330 e. The lowest BCUT2D eigenvalue weighted by molar-refractivity contribution is -0.143. The van der Waals surface area contributed by atoms with Crippen LogP contribution in [0.5, 0.6) is 0 Å². The maximum absolute atomic E-state index is 12.3. The number of ether oxygens (including phenoxy) is 1. The topological polar surface area (TPSA) is 87.0 Å². The van der Waals surface area contributed by atoms with Gasteiger partial charge in [-0.1, -0.05) is 29.3 Å². The molecule has 0 atom stereocenters. The number of benzene rings is 2. The molecule has 27 heavy (non-hydrogen) atoms. The average Bonchev–Trinajstić information content (AvgIpc) is 3.10. The number of nitrogens with zero attached hydrogens (tertiary/aromatic N) is 4. The van der Waals surface area contributed by atoms with E-state index in [1.165, 1.54) is 0 Å². The first-order valence-corrected chi connectivity index (χ1v) is 8.60. The Morgan fingerprint density at radius 3 is 2.59 bits per heavy atom. The number of halogens is 1. The predicted octanol–water partition coefficient (Wildman–Crippen LogP) is 3.04. The molecular formula is C19H17ClN4O3. The number of rotatable bonds is 6. The molecule has 0 fully saturated rings. The highest BCUT2D eigenvalue weighted by molar-refractivity contribution is 6.30. The minimum absolute atomic E-state index is 0.235. The second kappa shape index (κ2) is 8.09. The maximum Gasteiger partial charge on any atom is 0.330 e. The third kappa shape index (κ3) is 4.77. The van der Waals surface area contributed by atoms with Gasteiger partial charge in [0.1, 0.15) is 0 Å². The summed E-state index contributed by atoms with van der Waals surface area (Å²) in [4.78, 5) is 25.3. The van der Waals surface area contributed by atoms with Crippen molar-refractivity contribution in [2.24, 2.45) is 0 Å². The summed E-state index contributed by atoms with van der Waals surface area (Å²) in [5, 5.41) is 12.4. The molecule has 0 spiro atoms. The molecule has 8 heteroatoms. The molecule has 1 heterocycles. The van der Waals surface area contributed by atoms with E-state index in [0.29, 0.717) is 16.4 Å². The molecule has 138 valence electrons. The van der Waals surface area contributed by atoms with Gasteiger partial charge in [0.25, 0.3) is 0 Å². The predicted molar refractivity (Wildman–Crippen MR) is 99.5 cm³/mol. The molecule has 0 saturated heterocycles. The van der Waals surface area contributed by atoms with Crippen LogP contribution < -0.4 is 0 Å². The molecule has 0 unspecified atom stereocenters. The van der Waals surface area contributed by atoms with Gasteiger partial charge in [0, 0.05) is 16.1 Å². The number of carbonyl (C=O) groups is 2. The SMILES string of the molecule is Cc1ccc(C)c(C(=O)COC(=O)Cn2nnc(-c3ccc(Cl)cc3)n2)c1. The summed E-state index contributed by atoms with van der Waals surface area (Å²) in [5.41, 5.74) is 3.08. The van der Waals surface area contributed by atoms with Crippen molar-refractivity contribution < 1.29 is 14.3 Å². The number of hydrogen-bond acceptors (Lipinski definition) is 6. The number of esters is 1. The molecule has 0 saturated carbocycles. The maximum atomic E-state index is 12.3. The van der Waals surface area contributed by atoms with Crippen LogP contribution >= 0.6 is 11.6 Å². The van der Waals surface area contributed by atoms with E-state index in [2.05, 4.69) is 15.4 Å². The van der Waals surface area contributed by atoms with Crippen LogP contribution in [0.3, 0.4) is 0 Å². The standard InChI is InChI=1S/C19H17ClN4O3/c1-12-3-4-13(2)16(9-12)17(25)11-27-18(26)10-24-22-19(21-23-24)14-5-7-15(20)8-6-14/h3-9H,10-11H2,1-2H3. The van der Waals surface area contributed by atoms with Crippen molar-refractivity contribution in [3.8, 4) is 11.4 Å². The van der Waals surface area contributed by atoms with E-state index in [0.717, 1.165) is 21.5 Å². The molecule has 0 amide bonds. The zero-order chi connectivity index (χ0) is 19.4. The van der Waals surface area contributed by atoms with E-state index in [1.54, 1.807) is 30.3 Å². The molecule has 0 bridgehead atoms. The molecule has 0 aliphatic carbocycles. The first-order valence-electron chi connectivity index (χ1n) is 8.22. The molecule has 0 aliphatic rings. The largest absolute Gasteiger partial charge is 0.456 e. The molecule has 1 aromatic heterocycles. The first-order chi connectivity index (χ1) is 12.9. The van der Waals surface area contributed by atoms with Gasteiger partial charge in [-0.25, -0.2) is 4.79 Å². The highest BCUT2D eigenvalue weighted by Crippen LogP contribution is 2.17. The minimum Gasteiger partial charge on any atom is -0.456 e. The van der Waals surface area contributed by atoms with Crippen LogP contribution in [0.4, 0.5) is 0 Å². The van der Waals surface area contributed by atoms with E-state index >= 15 is 0 Å². The quantitative estimate of drug-likeness (QED) is 0.479. The number of Topliss-reactive ketones (excluding diaryl/α,β-unsaturated/α-hetero) is 1. The zero-order valence-corrected chi connectivity index (χ0v) is 15.6.